The van der Waals surface area contributed by atoms with Crippen LogP contribution in [0.25, 0.3) is 0 Å². The first-order valence-corrected chi connectivity index (χ1v) is 12.5. The molecule has 0 rings (SSSR count). The maximum absolute atomic E-state index is 14.7. The molecule has 0 aliphatic carbocycles. The molecule has 0 radical (unpaired) electrons. The number of rotatable bonds is 17. The number of halogens is 1. The molecule has 1 atom stereocenters. The van der Waals surface area contributed by atoms with Crippen molar-refractivity contribution in [1.29, 1.82) is 0 Å². The van der Waals surface area contributed by atoms with Gasteiger partial charge in [-0.3, -0.25) is 4.55 Å². The van der Waals surface area contributed by atoms with Gasteiger partial charge in [0.15, 0.2) is 0 Å². The van der Waals surface area contributed by atoms with Crippen LogP contribution in [0.15, 0.2) is 0 Å². The zero-order valence-electron chi connectivity index (χ0n) is 18.4. The molecule has 6 heteroatoms. The number of hydrogen-bond donors (Lipinski definition) is 2. The van der Waals surface area contributed by atoms with Gasteiger partial charge in [0.05, 0.1) is 0 Å². The molecule has 0 heterocycles. The van der Waals surface area contributed by atoms with Crippen molar-refractivity contribution in [2.24, 2.45) is 0 Å². The lowest BCUT2D eigenvalue weighted by atomic mass is 10.0. The van der Waals surface area contributed by atoms with Gasteiger partial charge in [-0.05, 0) is 39.8 Å². The van der Waals surface area contributed by atoms with Crippen LogP contribution in [0.4, 0.5) is 4.39 Å². The maximum atomic E-state index is 14.7. The van der Waals surface area contributed by atoms with Crippen molar-refractivity contribution < 1.29 is 17.4 Å². The molecule has 27 heavy (non-hydrogen) atoms. The molecule has 4 nitrogen and oxygen atoms in total. The fourth-order valence-corrected chi connectivity index (χ4v) is 3.88. The normalized spacial score (nSPS) is 13.7. The zero-order valence-corrected chi connectivity index (χ0v) is 19.2. The van der Waals surface area contributed by atoms with E-state index in [4.69, 9.17) is 0 Å². The Morgan fingerprint density at radius 1 is 0.704 bits per heavy atom. The predicted octanol–water partition coefficient (Wildman–Crippen LogP) is 6.66. The van der Waals surface area contributed by atoms with E-state index < -0.39 is 15.1 Å². The molecular weight excluding hydrogens is 365 g/mol. The minimum atomic E-state index is -4.63. The van der Waals surface area contributed by atoms with Gasteiger partial charge in [-0.1, -0.05) is 90.9 Å². The van der Waals surface area contributed by atoms with Crippen molar-refractivity contribution in [2.45, 2.75) is 122 Å². The van der Waals surface area contributed by atoms with E-state index in [9.17, 15) is 17.4 Å². The van der Waals surface area contributed by atoms with Crippen LogP contribution in [0.5, 0.6) is 0 Å². The van der Waals surface area contributed by atoms with Gasteiger partial charge in [0.25, 0.3) is 10.1 Å². The van der Waals surface area contributed by atoms with Crippen molar-refractivity contribution in [3.8, 4) is 0 Å². The molecule has 0 saturated heterocycles. The van der Waals surface area contributed by atoms with E-state index >= 15 is 0 Å². The molecule has 2 N–H and O–H groups in total. The average molecular weight is 412 g/mol. The van der Waals surface area contributed by atoms with Crippen LogP contribution in [0.3, 0.4) is 0 Å². The summed E-state index contributed by atoms with van der Waals surface area (Å²) in [5.74, 6) is 0. The topological polar surface area (TPSA) is 66.4 Å². The van der Waals surface area contributed by atoms with Gasteiger partial charge >= 0.3 is 0 Å². The molecule has 0 aromatic heterocycles. The van der Waals surface area contributed by atoms with E-state index in [-0.39, 0.29) is 12.8 Å². The van der Waals surface area contributed by atoms with Crippen LogP contribution in [0.1, 0.15) is 117 Å². The highest BCUT2D eigenvalue weighted by Gasteiger charge is 2.41. The molecule has 0 amide bonds. The first-order valence-electron chi connectivity index (χ1n) is 11.0. The third-order valence-electron chi connectivity index (χ3n) is 4.77. The summed E-state index contributed by atoms with van der Waals surface area (Å²) in [6.07, 6.45) is 14.2. The Balaban J connectivity index is 0. The smallest absolute Gasteiger partial charge is 0.300 e. The molecular formula is C21H46FNO3S. The lowest BCUT2D eigenvalue weighted by Crippen LogP contribution is -2.33. The molecule has 166 valence electrons. The van der Waals surface area contributed by atoms with E-state index in [2.05, 4.69) is 19.2 Å². The fourth-order valence-electron chi connectivity index (χ4n) is 3.08. The Labute approximate surface area is 168 Å². The van der Waals surface area contributed by atoms with Gasteiger partial charge < -0.3 is 5.32 Å². The predicted molar refractivity (Wildman–Crippen MR) is 116 cm³/mol. The standard InChI is InChI=1S/C19H39FO3S.C2H7N/c1-3-5-7-9-10-11-12-14-16-18-19(20,24(21,22)23)17-15-13-8-6-4-2;1-3-2/h3-18H2,1-2H3,(H,21,22,23);3H,1-2H3. The first-order chi connectivity index (χ1) is 12.8. The fraction of sp³-hybridized carbons (Fsp3) is 1.00. The Kier molecular flexibility index (Phi) is 20.6. The molecule has 1 unspecified atom stereocenters. The van der Waals surface area contributed by atoms with Crippen molar-refractivity contribution in [2.75, 3.05) is 14.1 Å². The highest BCUT2D eigenvalue weighted by molar-refractivity contribution is 7.87. The van der Waals surface area contributed by atoms with E-state index in [0.29, 0.717) is 12.8 Å². The highest BCUT2D eigenvalue weighted by atomic mass is 32.2. The first kappa shape index (κ1) is 29.0. The van der Waals surface area contributed by atoms with Gasteiger partial charge in [0.1, 0.15) is 0 Å². The minimum Gasteiger partial charge on any atom is -0.323 e. The summed E-state index contributed by atoms with van der Waals surface area (Å²) in [4.78, 5) is 0. The Morgan fingerprint density at radius 3 is 1.22 bits per heavy atom. The van der Waals surface area contributed by atoms with E-state index in [1.54, 1.807) is 0 Å². The summed E-state index contributed by atoms with van der Waals surface area (Å²) in [5.41, 5.74) is 0. The second-order valence-corrected chi connectivity index (χ2v) is 9.28. The molecule has 0 fully saturated rings. The van der Waals surface area contributed by atoms with Gasteiger partial charge in [-0.15, -0.1) is 0 Å². The van der Waals surface area contributed by atoms with Crippen LogP contribution in [0.2, 0.25) is 0 Å². The molecule has 0 aliphatic heterocycles. The Morgan fingerprint density at radius 2 is 0.963 bits per heavy atom. The van der Waals surface area contributed by atoms with Crippen molar-refractivity contribution in [1.82, 2.24) is 5.32 Å². The quantitative estimate of drug-likeness (QED) is 0.207. The van der Waals surface area contributed by atoms with Gasteiger partial charge in [-0.2, -0.15) is 8.42 Å². The molecule has 0 aliphatic rings. The van der Waals surface area contributed by atoms with Gasteiger partial charge in [0, 0.05) is 0 Å². The number of nitrogens with one attached hydrogen (secondary N) is 1. The average Bonchev–Trinajstić information content (AvgIpc) is 2.60. The molecule has 0 saturated carbocycles. The third-order valence-corrected chi connectivity index (χ3v) is 6.10. The van der Waals surface area contributed by atoms with E-state index in [1.165, 1.54) is 32.1 Å². The third kappa shape index (κ3) is 17.6. The van der Waals surface area contributed by atoms with Gasteiger partial charge in [-0.25, -0.2) is 4.39 Å². The molecule has 0 aromatic carbocycles. The second-order valence-electron chi connectivity index (χ2n) is 7.60. The summed E-state index contributed by atoms with van der Waals surface area (Å²) in [6.45, 7) is 4.30. The summed E-state index contributed by atoms with van der Waals surface area (Å²) < 4.78 is 46.8. The number of alkyl halides is 1. The molecule has 0 spiro atoms. The summed E-state index contributed by atoms with van der Waals surface area (Å²) in [7, 11) is -0.882. The highest BCUT2D eigenvalue weighted by Crippen LogP contribution is 2.32. The second kappa shape index (κ2) is 19.1. The van der Waals surface area contributed by atoms with E-state index in [0.717, 1.165) is 44.9 Å². The van der Waals surface area contributed by atoms with Gasteiger partial charge in [0.2, 0.25) is 5.00 Å². The summed E-state index contributed by atoms with van der Waals surface area (Å²) >= 11 is 0. The van der Waals surface area contributed by atoms with Crippen LogP contribution in [-0.2, 0) is 10.1 Å². The number of unbranched alkanes of at least 4 members (excludes halogenated alkanes) is 12. The van der Waals surface area contributed by atoms with Crippen LogP contribution in [-0.4, -0.2) is 32.1 Å². The van der Waals surface area contributed by atoms with Crippen LogP contribution < -0.4 is 5.32 Å². The lowest BCUT2D eigenvalue weighted by molar-refractivity contribution is 0.203. The van der Waals surface area contributed by atoms with Crippen molar-refractivity contribution in [3.05, 3.63) is 0 Å². The monoisotopic (exact) mass is 411 g/mol. The van der Waals surface area contributed by atoms with Crippen LogP contribution in [0, 0.1) is 0 Å². The SMILES string of the molecule is CCCCCCCCCCCC(F)(CCCCCCC)S(=O)(=O)O.CNC. The van der Waals surface area contributed by atoms with Crippen molar-refractivity contribution in [3.63, 3.8) is 0 Å². The molecule has 0 aromatic rings. The summed E-state index contributed by atoms with van der Waals surface area (Å²) in [5, 5.41) is 0.306. The Bertz CT molecular complexity index is 404. The van der Waals surface area contributed by atoms with Crippen molar-refractivity contribution >= 4 is 10.1 Å². The maximum Gasteiger partial charge on any atom is 0.300 e. The minimum absolute atomic E-state index is 0.0740. The van der Waals surface area contributed by atoms with E-state index in [1.807, 2.05) is 14.1 Å². The largest absolute Gasteiger partial charge is 0.323 e. The zero-order chi connectivity index (χ0) is 21.0. The Hall–Kier alpha value is -0.200. The number of hydrogen-bond acceptors (Lipinski definition) is 3. The van der Waals surface area contributed by atoms with Crippen LogP contribution >= 0.6 is 0 Å². The molecule has 0 bridgehead atoms. The lowest BCUT2D eigenvalue weighted by Gasteiger charge is -2.22. The summed E-state index contributed by atoms with van der Waals surface area (Å²) in [6, 6.07) is 0.